The first kappa shape index (κ1) is 22.0. The SMILES string of the molecule is O=S(=O)(c1ccc(Nc2ncc3ccc(OC4CCNCC4)cc3n2)cc1)N1CCOCC1. The summed E-state index contributed by atoms with van der Waals surface area (Å²) in [5, 5.41) is 7.42. The Balaban J connectivity index is 1.30. The van der Waals surface area contributed by atoms with Crippen molar-refractivity contribution in [3.05, 3.63) is 48.7 Å². The van der Waals surface area contributed by atoms with Crippen LogP contribution in [0, 0.1) is 0 Å². The zero-order valence-electron chi connectivity index (χ0n) is 18.2. The standard InChI is InChI=1S/C23H27N5O4S/c29-33(30,28-11-13-31-14-12-28)21-5-2-18(3-6-21)26-23-25-16-17-1-4-20(15-22(17)27-23)32-19-7-9-24-10-8-19/h1-6,15-16,19,24H,7-14H2,(H,25,26,27). The van der Waals surface area contributed by atoms with Gasteiger partial charge in [0.1, 0.15) is 11.9 Å². The maximum Gasteiger partial charge on any atom is 0.243 e. The number of morpholine rings is 1. The number of nitrogens with zero attached hydrogens (tertiary/aromatic N) is 3. The van der Waals surface area contributed by atoms with Gasteiger partial charge >= 0.3 is 0 Å². The number of hydrogen-bond acceptors (Lipinski definition) is 8. The van der Waals surface area contributed by atoms with Crippen LogP contribution in [0.3, 0.4) is 0 Å². The van der Waals surface area contributed by atoms with Crippen LogP contribution in [-0.4, -0.2) is 68.2 Å². The summed E-state index contributed by atoms with van der Waals surface area (Å²) in [5.41, 5.74) is 1.49. The normalized spacial score (nSPS) is 18.3. The number of nitrogens with one attached hydrogen (secondary N) is 2. The van der Waals surface area contributed by atoms with Gasteiger partial charge in [0.05, 0.1) is 23.6 Å². The molecule has 2 aliphatic heterocycles. The van der Waals surface area contributed by atoms with Gasteiger partial charge in [-0.05, 0) is 62.3 Å². The van der Waals surface area contributed by atoms with Gasteiger partial charge in [-0.25, -0.2) is 18.4 Å². The molecule has 0 amide bonds. The van der Waals surface area contributed by atoms with Crippen LogP contribution in [0.5, 0.6) is 5.75 Å². The molecule has 0 radical (unpaired) electrons. The molecular weight excluding hydrogens is 442 g/mol. The molecule has 2 fully saturated rings. The molecule has 1 aromatic heterocycles. The van der Waals surface area contributed by atoms with Crippen molar-refractivity contribution in [1.29, 1.82) is 0 Å². The fourth-order valence-electron chi connectivity index (χ4n) is 4.02. The van der Waals surface area contributed by atoms with Gasteiger partial charge in [0.25, 0.3) is 0 Å². The molecule has 3 heterocycles. The second kappa shape index (κ2) is 9.60. The first-order valence-electron chi connectivity index (χ1n) is 11.2. The van der Waals surface area contributed by atoms with Crippen molar-refractivity contribution in [3.8, 4) is 5.75 Å². The third-order valence-corrected chi connectivity index (χ3v) is 7.77. The van der Waals surface area contributed by atoms with Gasteiger partial charge in [0.15, 0.2) is 0 Å². The van der Waals surface area contributed by atoms with Crippen LogP contribution < -0.4 is 15.4 Å². The Bertz CT molecular complexity index is 1210. The average Bonchev–Trinajstić information content (AvgIpc) is 2.85. The number of ether oxygens (including phenoxy) is 2. The van der Waals surface area contributed by atoms with E-state index in [1.165, 1.54) is 4.31 Å². The minimum absolute atomic E-state index is 0.218. The van der Waals surface area contributed by atoms with Crippen LogP contribution in [0.1, 0.15) is 12.8 Å². The van der Waals surface area contributed by atoms with Crippen molar-refractivity contribution in [2.75, 3.05) is 44.7 Å². The van der Waals surface area contributed by atoms with Gasteiger partial charge in [-0.1, -0.05) is 0 Å². The molecule has 0 aliphatic carbocycles. The molecular formula is C23H27N5O4S. The first-order valence-corrected chi connectivity index (χ1v) is 12.6. The minimum Gasteiger partial charge on any atom is -0.490 e. The lowest BCUT2D eigenvalue weighted by Crippen LogP contribution is -2.40. The number of benzene rings is 2. The third kappa shape index (κ3) is 5.09. The van der Waals surface area contributed by atoms with Crippen molar-refractivity contribution in [2.24, 2.45) is 0 Å². The van der Waals surface area contributed by atoms with Crippen LogP contribution in [0.4, 0.5) is 11.6 Å². The predicted molar refractivity (Wildman–Crippen MR) is 125 cm³/mol. The van der Waals surface area contributed by atoms with Gasteiger partial charge in [0.2, 0.25) is 16.0 Å². The zero-order valence-corrected chi connectivity index (χ0v) is 19.1. The number of fused-ring (bicyclic) bond motifs is 1. The molecule has 0 saturated carbocycles. The molecule has 0 bridgehead atoms. The van der Waals surface area contributed by atoms with Crippen molar-refractivity contribution < 1.29 is 17.9 Å². The van der Waals surface area contributed by atoms with Gasteiger partial charge in [-0.2, -0.15) is 4.31 Å². The fraction of sp³-hybridized carbons (Fsp3) is 0.391. The van der Waals surface area contributed by atoms with E-state index >= 15 is 0 Å². The quantitative estimate of drug-likeness (QED) is 0.567. The number of rotatable bonds is 6. The summed E-state index contributed by atoms with van der Waals surface area (Å²) in [4.78, 5) is 9.25. The third-order valence-electron chi connectivity index (χ3n) is 5.86. The summed E-state index contributed by atoms with van der Waals surface area (Å²) < 4.78 is 38.4. The first-order chi connectivity index (χ1) is 16.1. The Morgan fingerprint density at radius 2 is 1.82 bits per heavy atom. The average molecular weight is 470 g/mol. The Morgan fingerprint density at radius 1 is 1.06 bits per heavy atom. The summed E-state index contributed by atoms with van der Waals surface area (Å²) in [6.45, 7) is 3.53. The van der Waals surface area contributed by atoms with Gasteiger partial charge in [-0.3, -0.25) is 0 Å². The highest BCUT2D eigenvalue weighted by Gasteiger charge is 2.26. The van der Waals surface area contributed by atoms with Gasteiger partial charge in [-0.15, -0.1) is 0 Å². The maximum absolute atomic E-state index is 12.8. The van der Waals surface area contributed by atoms with Gasteiger partial charge < -0.3 is 20.1 Å². The van der Waals surface area contributed by atoms with Crippen molar-refractivity contribution >= 4 is 32.6 Å². The summed E-state index contributed by atoms with van der Waals surface area (Å²) >= 11 is 0. The zero-order chi connectivity index (χ0) is 22.7. The van der Waals surface area contributed by atoms with E-state index in [4.69, 9.17) is 9.47 Å². The Morgan fingerprint density at radius 3 is 2.58 bits per heavy atom. The summed E-state index contributed by atoms with van der Waals surface area (Å²) in [5.74, 6) is 1.24. The van der Waals surface area contributed by atoms with Crippen LogP contribution in [0.2, 0.25) is 0 Å². The van der Waals surface area contributed by atoms with E-state index in [-0.39, 0.29) is 11.0 Å². The van der Waals surface area contributed by atoms with E-state index in [0.717, 1.165) is 42.6 Å². The Hall–Kier alpha value is -2.79. The molecule has 2 aliphatic rings. The second-order valence-electron chi connectivity index (χ2n) is 8.15. The molecule has 5 rings (SSSR count). The number of hydrogen-bond donors (Lipinski definition) is 2. The lowest BCUT2D eigenvalue weighted by atomic mass is 10.1. The Labute approximate surface area is 193 Å². The molecule has 174 valence electrons. The largest absolute Gasteiger partial charge is 0.490 e. The lowest BCUT2D eigenvalue weighted by Gasteiger charge is -2.26. The number of sulfonamides is 1. The van der Waals surface area contributed by atoms with Crippen LogP contribution in [-0.2, 0) is 14.8 Å². The van der Waals surface area contributed by atoms with E-state index in [2.05, 4.69) is 20.6 Å². The molecule has 0 unspecified atom stereocenters. The molecule has 0 atom stereocenters. The topological polar surface area (TPSA) is 106 Å². The van der Waals surface area contributed by atoms with Gasteiger partial charge in [0, 0.05) is 36.4 Å². The second-order valence-corrected chi connectivity index (χ2v) is 10.1. The van der Waals surface area contributed by atoms with E-state index in [0.29, 0.717) is 37.9 Å². The van der Waals surface area contributed by atoms with Crippen molar-refractivity contribution in [1.82, 2.24) is 19.6 Å². The van der Waals surface area contributed by atoms with E-state index in [9.17, 15) is 8.42 Å². The molecule has 2 aromatic carbocycles. The smallest absolute Gasteiger partial charge is 0.243 e. The van der Waals surface area contributed by atoms with Crippen molar-refractivity contribution in [3.63, 3.8) is 0 Å². The Kier molecular flexibility index (Phi) is 6.41. The molecule has 10 heteroatoms. The molecule has 9 nitrogen and oxygen atoms in total. The lowest BCUT2D eigenvalue weighted by molar-refractivity contribution is 0.0730. The molecule has 33 heavy (non-hydrogen) atoms. The predicted octanol–water partition coefficient (Wildman–Crippen LogP) is 2.53. The molecule has 2 saturated heterocycles. The van der Waals surface area contributed by atoms with Crippen LogP contribution in [0.15, 0.2) is 53.6 Å². The van der Waals surface area contributed by atoms with E-state index < -0.39 is 10.0 Å². The van der Waals surface area contributed by atoms with Crippen LogP contribution in [0.25, 0.3) is 10.9 Å². The highest BCUT2D eigenvalue weighted by atomic mass is 32.2. The fourth-order valence-corrected chi connectivity index (χ4v) is 5.43. The summed E-state index contributed by atoms with van der Waals surface area (Å²) in [7, 11) is -3.52. The monoisotopic (exact) mass is 469 g/mol. The minimum atomic E-state index is -3.52. The summed E-state index contributed by atoms with van der Waals surface area (Å²) in [6.07, 6.45) is 3.96. The number of aromatic nitrogens is 2. The summed E-state index contributed by atoms with van der Waals surface area (Å²) in [6, 6.07) is 12.5. The number of piperidine rings is 1. The molecule has 3 aromatic rings. The highest BCUT2D eigenvalue weighted by molar-refractivity contribution is 7.89. The highest BCUT2D eigenvalue weighted by Crippen LogP contribution is 2.24. The molecule has 0 spiro atoms. The number of anilines is 2. The van der Waals surface area contributed by atoms with Crippen LogP contribution >= 0.6 is 0 Å². The van der Waals surface area contributed by atoms with E-state index in [1.54, 1.807) is 30.5 Å². The van der Waals surface area contributed by atoms with E-state index in [1.807, 2.05) is 18.2 Å². The maximum atomic E-state index is 12.8. The molecule has 2 N–H and O–H groups in total. The van der Waals surface area contributed by atoms with Crippen molar-refractivity contribution in [2.45, 2.75) is 23.8 Å².